The first-order valence-corrected chi connectivity index (χ1v) is 7.14. The van der Waals surface area contributed by atoms with Gasteiger partial charge in [0.15, 0.2) is 0 Å². The van der Waals surface area contributed by atoms with Crippen molar-refractivity contribution in [2.24, 2.45) is 0 Å². The minimum absolute atomic E-state index is 0.271. The van der Waals surface area contributed by atoms with Crippen LogP contribution in [0.5, 0.6) is 5.75 Å². The van der Waals surface area contributed by atoms with Crippen LogP contribution < -0.4 is 10.1 Å². The Morgan fingerprint density at radius 2 is 1.80 bits per heavy atom. The van der Waals surface area contributed by atoms with Gasteiger partial charge in [-0.2, -0.15) is 0 Å². The largest absolute Gasteiger partial charge is 0.497 e. The average Bonchev–Trinajstić information content (AvgIpc) is 2.49. The number of ether oxygens (including phenoxy) is 1. The molecule has 1 N–H and O–H groups in total. The summed E-state index contributed by atoms with van der Waals surface area (Å²) in [4.78, 5) is 0. The molecule has 1 atom stereocenters. The highest BCUT2D eigenvalue weighted by atomic mass is 16.5. The lowest BCUT2D eigenvalue weighted by atomic mass is 10.0. The molecule has 0 amide bonds. The van der Waals surface area contributed by atoms with Crippen LogP contribution >= 0.6 is 0 Å². The molecule has 0 aliphatic heterocycles. The van der Waals surface area contributed by atoms with Crippen LogP contribution in [-0.4, -0.2) is 7.11 Å². The molecule has 0 aliphatic rings. The zero-order chi connectivity index (χ0) is 14.5. The van der Waals surface area contributed by atoms with Gasteiger partial charge in [-0.3, -0.25) is 0 Å². The molecular formula is C18H23NO. The molecule has 0 heterocycles. The van der Waals surface area contributed by atoms with E-state index in [0.717, 1.165) is 12.2 Å². The van der Waals surface area contributed by atoms with Crippen LogP contribution in [0.1, 0.15) is 36.6 Å². The van der Waals surface area contributed by atoms with Crippen molar-refractivity contribution in [2.45, 2.75) is 33.2 Å². The smallest absolute Gasteiger partial charge is 0.118 e. The van der Waals surface area contributed by atoms with Crippen LogP contribution in [-0.2, 0) is 6.42 Å². The fraction of sp³-hybridized carbons (Fsp3) is 0.333. The predicted octanol–water partition coefficient (Wildman–Crippen LogP) is 4.74. The summed E-state index contributed by atoms with van der Waals surface area (Å²) in [5, 5.41) is 3.64. The summed E-state index contributed by atoms with van der Waals surface area (Å²) in [6.07, 6.45) is 1.04. The molecule has 0 aliphatic carbocycles. The third kappa shape index (κ3) is 3.13. The fourth-order valence-corrected chi connectivity index (χ4v) is 2.42. The number of nitrogens with one attached hydrogen (secondary N) is 1. The van der Waals surface area contributed by atoms with Gasteiger partial charge in [0.25, 0.3) is 0 Å². The summed E-state index contributed by atoms with van der Waals surface area (Å²) in [6.45, 7) is 6.54. The highest BCUT2D eigenvalue weighted by Crippen LogP contribution is 2.27. The Balaban J connectivity index is 2.20. The number of hydrogen-bond acceptors (Lipinski definition) is 2. The van der Waals surface area contributed by atoms with E-state index >= 15 is 0 Å². The zero-order valence-electron chi connectivity index (χ0n) is 12.7. The molecule has 2 aromatic carbocycles. The molecule has 20 heavy (non-hydrogen) atoms. The van der Waals surface area contributed by atoms with Crippen LogP contribution in [0.25, 0.3) is 0 Å². The third-order valence-corrected chi connectivity index (χ3v) is 3.72. The molecule has 0 saturated carbocycles. The Morgan fingerprint density at radius 1 is 1.10 bits per heavy atom. The minimum Gasteiger partial charge on any atom is -0.497 e. The number of aryl methyl sites for hydroxylation is 2. The molecule has 0 saturated heterocycles. The second-order valence-electron chi connectivity index (χ2n) is 5.10. The van der Waals surface area contributed by atoms with Crippen LogP contribution in [0, 0.1) is 6.92 Å². The van der Waals surface area contributed by atoms with E-state index < -0.39 is 0 Å². The lowest BCUT2D eigenvalue weighted by Crippen LogP contribution is -2.09. The number of para-hydroxylation sites is 1. The van der Waals surface area contributed by atoms with Gasteiger partial charge in [-0.1, -0.05) is 37.3 Å². The number of hydrogen-bond donors (Lipinski definition) is 1. The van der Waals surface area contributed by atoms with Gasteiger partial charge < -0.3 is 10.1 Å². The summed E-state index contributed by atoms with van der Waals surface area (Å²) in [5.74, 6) is 0.895. The van der Waals surface area contributed by atoms with E-state index in [1.807, 2.05) is 12.1 Å². The van der Waals surface area contributed by atoms with E-state index in [9.17, 15) is 0 Å². The van der Waals surface area contributed by atoms with Crippen molar-refractivity contribution in [1.82, 2.24) is 0 Å². The minimum atomic E-state index is 0.271. The van der Waals surface area contributed by atoms with Crippen LogP contribution in [0.2, 0.25) is 0 Å². The summed E-state index contributed by atoms with van der Waals surface area (Å²) < 4.78 is 5.20. The van der Waals surface area contributed by atoms with E-state index in [1.165, 1.54) is 22.4 Å². The Labute approximate surface area is 121 Å². The van der Waals surface area contributed by atoms with Crippen LogP contribution in [0.4, 0.5) is 5.69 Å². The van der Waals surface area contributed by atoms with Gasteiger partial charge in [0.05, 0.1) is 7.11 Å². The highest BCUT2D eigenvalue weighted by molar-refractivity contribution is 5.58. The molecule has 0 spiro atoms. The Hall–Kier alpha value is -1.96. The van der Waals surface area contributed by atoms with Gasteiger partial charge in [-0.05, 0) is 49.1 Å². The van der Waals surface area contributed by atoms with Crippen molar-refractivity contribution >= 4 is 5.69 Å². The van der Waals surface area contributed by atoms with E-state index in [0.29, 0.717) is 0 Å². The quantitative estimate of drug-likeness (QED) is 0.846. The summed E-state index contributed by atoms with van der Waals surface area (Å²) in [6, 6.07) is 15.0. The molecule has 106 valence electrons. The topological polar surface area (TPSA) is 21.3 Å². The average molecular weight is 269 g/mol. The van der Waals surface area contributed by atoms with Crippen LogP contribution in [0.3, 0.4) is 0 Å². The van der Waals surface area contributed by atoms with Gasteiger partial charge in [0.2, 0.25) is 0 Å². The monoisotopic (exact) mass is 269 g/mol. The SMILES string of the molecule is CCc1cccc(C)c1NC(C)c1ccc(OC)cc1. The van der Waals surface area contributed by atoms with Gasteiger partial charge in [0, 0.05) is 11.7 Å². The predicted molar refractivity (Wildman–Crippen MR) is 85.6 cm³/mol. The van der Waals surface area contributed by atoms with E-state index in [2.05, 4.69) is 56.4 Å². The Morgan fingerprint density at radius 3 is 2.40 bits per heavy atom. The van der Waals surface area contributed by atoms with Gasteiger partial charge >= 0.3 is 0 Å². The van der Waals surface area contributed by atoms with Crippen molar-refractivity contribution < 1.29 is 4.74 Å². The molecule has 2 heteroatoms. The Bertz CT molecular complexity index is 560. The molecule has 2 aromatic rings. The number of methoxy groups -OCH3 is 1. The zero-order valence-corrected chi connectivity index (χ0v) is 12.7. The van der Waals surface area contributed by atoms with Crippen molar-refractivity contribution in [3.8, 4) is 5.75 Å². The maximum Gasteiger partial charge on any atom is 0.118 e. The molecule has 0 aromatic heterocycles. The number of rotatable bonds is 5. The first-order chi connectivity index (χ1) is 9.65. The maximum atomic E-state index is 5.20. The second kappa shape index (κ2) is 6.47. The van der Waals surface area contributed by atoms with Gasteiger partial charge in [0.1, 0.15) is 5.75 Å². The molecule has 0 bridgehead atoms. The second-order valence-corrected chi connectivity index (χ2v) is 5.10. The molecule has 0 radical (unpaired) electrons. The van der Waals surface area contributed by atoms with Crippen molar-refractivity contribution in [3.63, 3.8) is 0 Å². The molecule has 0 fully saturated rings. The highest BCUT2D eigenvalue weighted by Gasteiger charge is 2.09. The molecule has 2 rings (SSSR count). The third-order valence-electron chi connectivity index (χ3n) is 3.72. The molecule has 2 nitrogen and oxygen atoms in total. The van der Waals surface area contributed by atoms with Gasteiger partial charge in [-0.25, -0.2) is 0 Å². The van der Waals surface area contributed by atoms with E-state index in [1.54, 1.807) is 7.11 Å². The van der Waals surface area contributed by atoms with Crippen molar-refractivity contribution in [1.29, 1.82) is 0 Å². The standard InChI is InChI=1S/C18H23NO/c1-5-15-8-6-7-13(2)18(15)19-14(3)16-9-11-17(20-4)12-10-16/h6-12,14,19H,5H2,1-4H3. The Kier molecular flexibility index (Phi) is 4.67. The number of benzene rings is 2. The van der Waals surface area contributed by atoms with Gasteiger partial charge in [-0.15, -0.1) is 0 Å². The summed E-state index contributed by atoms with van der Waals surface area (Å²) >= 11 is 0. The number of anilines is 1. The lowest BCUT2D eigenvalue weighted by Gasteiger charge is -2.20. The maximum absolute atomic E-state index is 5.20. The lowest BCUT2D eigenvalue weighted by molar-refractivity contribution is 0.414. The van der Waals surface area contributed by atoms with E-state index in [-0.39, 0.29) is 6.04 Å². The molecule has 1 unspecified atom stereocenters. The fourth-order valence-electron chi connectivity index (χ4n) is 2.42. The summed E-state index contributed by atoms with van der Waals surface area (Å²) in [5.41, 5.74) is 5.18. The first-order valence-electron chi connectivity index (χ1n) is 7.14. The van der Waals surface area contributed by atoms with Crippen molar-refractivity contribution in [2.75, 3.05) is 12.4 Å². The van der Waals surface area contributed by atoms with Crippen molar-refractivity contribution in [3.05, 3.63) is 59.2 Å². The normalized spacial score (nSPS) is 12.0. The first kappa shape index (κ1) is 14.4. The molecular weight excluding hydrogens is 246 g/mol. The summed E-state index contributed by atoms with van der Waals surface area (Å²) in [7, 11) is 1.69. The van der Waals surface area contributed by atoms with E-state index in [4.69, 9.17) is 4.74 Å². The van der Waals surface area contributed by atoms with Crippen LogP contribution in [0.15, 0.2) is 42.5 Å².